The van der Waals surface area contributed by atoms with E-state index >= 15 is 0 Å². The van der Waals surface area contributed by atoms with Gasteiger partial charge in [-0.3, -0.25) is 5.10 Å². The molecule has 0 bridgehead atoms. The van der Waals surface area contributed by atoms with Crippen LogP contribution in [0.4, 0.5) is 13.2 Å². The lowest BCUT2D eigenvalue weighted by Crippen LogP contribution is -2.04. The summed E-state index contributed by atoms with van der Waals surface area (Å²) in [5.74, 6) is 0. The molecule has 1 N–H and O–H groups in total. The van der Waals surface area contributed by atoms with Crippen LogP contribution in [0, 0.1) is 6.92 Å². The molecule has 0 atom stereocenters. The maximum atomic E-state index is 12.5. The Kier molecular flexibility index (Phi) is 2.41. The van der Waals surface area contributed by atoms with Gasteiger partial charge in [0, 0.05) is 18.0 Å². The highest BCUT2D eigenvalue weighted by atomic mass is 19.4. The van der Waals surface area contributed by atoms with Crippen molar-refractivity contribution in [2.45, 2.75) is 13.1 Å². The Morgan fingerprint density at radius 1 is 1.16 bits per heavy atom. The van der Waals surface area contributed by atoms with Crippen molar-refractivity contribution in [2.75, 3.05) is 0 Å². The van der Waals surface area contributed by atoms with Gasteiger partial charge in [-0.1, -0.05) is 12.1 Å². The number of hydrogen-bond donors (Lipinski definition) is 1. The van der Waals surface area contributed by atoms with Gasteiger partial charge in [0.05, 0.1) is 11.3 Å². The van der Waals surface area contributed by atoms with Gasteiger partial charge >= 0.3 is 6.18 Å². The zero-order valence-corrected chi connectivity index (χ0v) is 9.99. The molecule has 0 fully saturated rings. The molecular weight excluding hydrogens is 255 g/mol. The maximum Gasteiger partial charge on any atom is 0.416 e. The summed E-state index contributed by atoms with van der Waals surface area (Å²) in [5.41, 5.74) is 2.51. The number of imidazole rings is 1. The summed E-state index contributed by atoms with van der Waals surface area (Å²) >= 11 is 0. The Morgan fingerprint density at radius 3 is 2.42 bits per heavy atom. The molecule has 19 heavy (non-hydrogen) atoms. The monoisotopic (exact) mass is 265 g/mol. The Balaban J connectivity index is 2.07. The van der Waals surface area contributed by atoms with E-state index in [9.17, 15) is 13.2 Å². The molecule has 2 aromatic heterocycles. The van der Waals surface area contributed by atoms with E-state index in [0.717, 1.165) is 29.0 Å². The topological polar surface area (TPSA) is 33.1 Å². The highest BCUT2D eigenvalue weighted by Gasteiger charge is 2.30. The maximum absolute atomic E-state index is 12.5. The standard InChI is InChI=1S/C13H10F3N3/c1-8-11(18-19-7-6-17-12(8)19)9-2-4-10(5-3-9)13(14,15)16/h2-7,18H,1H3. The van der Waals surface area contributed by atoms with Crippen LogP contribution in [0.3, 0.4) is 0 Å². The van der Waals surface area contributed by atoms with Crippen LogP contribution in [0.2, 0.25) is 0 Å². The zero-order chi connectivity index (χ0) is 13.6. The third-order valence-electron chi connectivity index (χ3n) is 3.08. The lowest BCUT2D eigenvalue weighted by Gasteiger charge is -2.07. The molecule has 0 saturated heterocycles. The predicted molar refractivity (Wildman–Crippen MR) is 64.7 cm³/mol. The van der Waals surface area contributed by atoms with Gasteiger partial charge in [-0.15, -0.1) is 0 Å². The number of hydrogen-bond acceptors (Lipinski definition) is 1. The summed E-state index contributed by atoms with van der Waals surface area (Å²) in [7, 11) is 0. The fourth-order valence-corrected chi connectivity index (χ4v) is 2.09. The summed E-state index contributed by atoms with van der Waals surface area (Å²) in [4.78, 5) is 4.17. The van der Waals surface area contributed by atoms with E-state index in [1.165, 1.54) is 12.1 Å². The van der Waals surface area contributed by atoms with E-state index in [-0.39, 0.29) is 0 Å². The third-order valence-corrected chi connectivity index (χ3v) is 3.08. The quantitative estimate of drug-likeness (QED) is 0.715. The first-order chi connectivity index (χ1) is 8.97. The van der Waals surface area contributed by atoms with Crippen LogP contribution in [-0.2, 0) is 6.18 Å². The van der Waals surface area contributed by atoms with Crippen molar-refractivity contribution in [1.82, 2.24) is 14.6 Å². The van der Waals surface area contributed by atoms with E-state index in [2.05, 4.69) is 10.1 Å². The second-order valence-corrected chi connectivity index (χ2v) is 4.31. The van der Waals surface area contributed by atoms with Crippen LogP contribution in [0.5, 0.6) is 0 Å². The summed E-state index contributed by atoms with van der Waals surface area (Å²) in [5, 5.41) is 3.09. The summed E-state index contributed by atoms with van der Waals surface area (Å²) in [6.45, 7) is 1.88. The molecule has 6 heteroatoms. The van der Waals surface area contributed by atoms with Crippen molar-refractivity contribution in [2.24, 2.45) is 0 Å². The van der Waals surface area contributed by atoms with Gasteiger partial charge in [0.15, 0.2) is 5.65 Å². The van der Waals surface area contributed by atoms with E-state index in [0.29, 0.717) is 5.56 Å². The number of aromatic amines is 1. The largest absolute Gasteiger partial charge is 0.416 e. The summed E-state index contributed by atoms with van der Waals surface area (Å²) in [6, 6.07) is 5.08. The molecule has 0 unspecified atom stereocenters. The van der Waals surface area contributed by atoms with Crippen molar-refractivity contribution in [3.05, 3.63) is 47.8 Å². The van der Waals surface area contributed by atoms with Crippen LogP contribution in [0.1, 0.15) is 11.1 Å². The Bertz CT molecular complexity index is 720. The summed E-state index contributed by atoms with van der Waals surface area (Å²) < 4.78 is 39.2. The van der Waals surface area contributed by atoms with Gasteiger partial charge in [-0.05, 0) is 24.6 Å². The number of fused-ring (bicyclic) bond motifs is 1. The fraction of sp³-hybridized carbons (Fsp3) is 0.154. The average Bonchev–Trinajstić information content (AvgIpc) is 2.92. The molecule has 0 aliphatic carbocycles. The van der Waals surface area contributed by atoms with Crippen LogP contribution in [-0.4, -0.2) is 14.6 Å². The molecule has 0 spiro atoms. The van der Waals surface area contributed by atoms with Gasteiger partial charge in [-0.25, -0.2) is 9.50 Å². The van der Waals surface area contributed by atoms with Gasteiger partial charge in [0.2, 0.25) is 0 Å². The van der Waals surface area contributed by atoms with Crippen molar-refractivity contribution < 1.29 is 13.2 Å². The number of nitrogens with zero attached hydrogens (tertiary/aromatic N) is 2. The van der Waals surface area contributed by atoms with Gasteiger partial charge in [-0.2, -0.15) is 13.2 Å². The van der Waals surface area contributed by atoms with Gasteiger partial charge in [0.25, 0.3) is 0 Å². The number of alkyl halides is 3. The molecule has 0 radical (unpaired) electrons. The minimum atomic E-state index is -4.31. The highest BCUT2D eigenvalue weighted by molar-refractivity contribution is 5.70. The van der Waals surface area contributed by atoms with E-state index in [4.69, 9.17) is 0 Å². The second-order valence-electron chi connectivity index (χ2n) is 4.31. The second kappa shape index (κ2) is 3.88. The Morgan fingerprint density at radius 2 is 1.84 bits per heavy atom. The van der Waals surface area contributed by atoms with E-state index in [1.807, 2.05) is 6.92 Å². The van der Waals surface area contributed by atoms with Crippen LogP contribution in [0.25, 0.3) is 16.9 Å². The SMILES string of the molecule is Cc1c(-c2ccc(C(F)(F)F)cc2)[nH]n2ccnc12. The summed E-state index contributed by atoms with van der Waals surface area (Å²) in [6.07, 6.45) is -0.886. The Labute approximate surface area is 106 Å². The normalized spacial score (nSPS) is 12.2. The van der Waals surface area contributed by atoms with Crippen LogP contribution in [0.15, 0.2) is 36.7 Å². The predicted octanol–water partition coefficient (Wildman–Crippen LogP) is 3.66. The van der Waals surface area contributed by atoms with Crippen molar-refractivity contribution in [1.29, 1.82) is 0 Å². The number of benzene rings is 1. The zero-order valence-electron chi connectivity index (χ0n) is 9.99. The smallest absolute Gasteiger partial charge is 0.292 e. The van der Waals surface area contributed by atoms with Crippen molar-refractivity contribution in [3.63, 3.8) is 0 Å². The molecule has 0 saturated carbocycles. The van der Waals surface area contributed by atoms with Crippen molar-refractivity contribution in [3.8, 4) is 11.3 Å². The first kappa shape index (κ1) is 11.8. The highest BCUT2D eigenvalue weighted by Crippen LogP contribution is 2.31. The average molecular weight is 265 g/mol. The first-order valence-corrected chi connectivity index (χ1v) is 5.66. The molecule has 3 rings (SSSR count). The lowest BCUT2D eigenvalue weighted by atomic mass is 10.1. The van der Waals surface area contributed by atoms with E-state index < -0.39 is 11.7 Å². The molecule has 0 aliphatic rings. The number of aromatic nitrogens is 3. The number of H-pyrrole nitrogens is 1. The number of nitrogens with one attached hydrogen (secondary N) is 1. The molecule has 0 amide bonds. The minimum absolute atomic E-state index is 0.648. The fourth-order valence-electron chi connectivity index (χ4n) is 2.09. The van der Waals surface area contributed by atoms with Crippen LogP contribution >= 0.6 is 0 Å². The molecule has 0 aliphatic heterocycles. The number of halogens is 3. The molecule has 98 valence electrons. The van der Waals surface area contributed by atoms with Gasteiger partial charge in [0.1, 0.15) is 0 Å². The molecule has 3 aromatic rings. The van der Waals surface area contributed by atoms with E-state index in [1.54, 1.807) is 16.9 Å². The molecule has 2 heterocycles. The van der Waals surface area contributed by atoms with Crippen molar-refractivity contribution >= 4 is 5.65 Å². The third kappa shape index (κ3) is 1.89. The van der Waals surface area contributed by atoms with Gasteiger partial charge < -0.3 is 0 Å². The minimum Gasteiger partial charge on any atom is -0.292 e. The molecular formula is C13H10F3N3. The Hall–Kier alpha value is -2.24. The van der Waals surface area contributed by atoms with Crippen LogP contribution < -0.4 is 0 Å². The molecule has 3 nitrogen and oxygen atoms in total. The number of aryl methyl sites for hydroxylation is 1. The lowest BCUT2D eigenvalue weighted by molar-refractivity contribution is -0.137. The first-order valence-electron chi connectivity index (χ1n) is 5.66. The number of rotatable bonds is 1. The molecule has 1 aromatic carbocycles.